The van der Waals surface area contributed by atoms with Crippen LogP contribution in [0.4, 0.5) is 5.69 Å². The Morgan fingerprint density at radius 3 is 2.71 bits per heavy atom. The molecule has 0 aromatic heterocycles. The zero-order valence-electron chi connectivity index (χ0n) is 9.74. The highest BCUT2D eigenvalue weighted by Gasteiger charge is 1.97. The van der Waals surface area contributed by atoms with E-state index < -0.39 is 0 Å². The molecule has 4 N–H and O–H groups in total. The Hall–Kier alpha value is -1.30. The molecule has 0 saturated heterocycles. The van der Waals surface area contributed by atoms with Crippen molar-refractivity contribution in [3.8, 4) is 0 Å². The number of nitrogens with zero attached hydrogens (tertiary/aromatic N) is 1. The van der Waals surface area contributed by atoms with Crippen molar-refractivity contribution in [3.63, 3.8) is 0 Å². The van der Waals surface area contributed by atoms with E-state index in [2.05, 4.69) is 15.7 Å². The van der Waals surface area contributed by atoms with Crippen LogP contribution < -0.4 is 16.6 Å². The number of ether oxygens (including phenoxy) is 1. The number of hydrogen-bond donors (Lipinski definition) is 3. The predicted molar refractivity (Wildman–Crippen MR) is 71.2 cm³/mol. The first kappa shape index (κ1) is 13.8. The van der Waals surface area contributed by atoms with Crippen molar-refractivity contribution in [1.29, 1.82) is 0 Å². The fraction of sp³-hybridized carbons (Fsp3) is 0.364. The smallest absolute Gasteiger partial charge is 0.210 e. The van der Waals surface area contributed by atoms with E-state index in [0.717, 1.165) is 12.1 Å². The lowest BCUT2D eigenvalue weighted by atomic mass is 10.3. The lowest BCUT2D eigenvalue weighted by Gasteiger charge is -2.09. The van der Waals surface area contributed by atoms with Gasteiger partial charge in [-0.2, -0.15) is 0 Å². The van der Waals surface area contributed by atoms with Crippen LogP contribution >= 0.6 is 11.6 Å². The average molecular weight is 257 g/mol. The first-order chi connectivity index (χ1) is 8.26. The minimum Gasteiger partial charge on any atom is -0.385 e. The van der Waals surface area contributed by atoms with E-state index in [-0.39, 0.29) is 0 Å². The second-order valence-electron chi connectivity index (χ2n) is 3.35. The van der Waals surface area contributed by atoms with Gasteiger partial charge in [0, 0.05) is 31.0 Å². The molecule has 1 aromatic rings. The molecule has 0 atom stereocenters. The number of aliphatic imine (C=N–C) groups is 1. The van der Waals surface area contributed by atoms with Gasteiger partial charge in [-0.1, -0.05) is 11.6 Å². The number of halogens is 1. The van der Waals surface area contributed by atoms with E-state index in [0.29, 0.717) is 24.1 Å². The van der Waals surface area contributed by atoms with Crippen molar-refractivity contribution in [3.05, 3.63) is 29.3 Å². The fourth-order valence-electron chi connectivity index (χ4n) is 1.19. The van der Waals surface area contributed by atoms with Gasteiger partial charge in [0.2, 0.25) is 5.96 Å². The standard InChI is InChI=1S/C11H17ClN4O/c1-17-8-2-7-14-11(16-13)15-10-5-3-9(12)4-6-10/h3-6H,2,7-8,13H2,1H3,(H2,14,15,16). The van der Waals surface area contributed by atoms with Crippen molar-refractivity contribution in [2.24, 2.45) is 10.8 Å². The molecule has 0 heterocycles. The Bertz CT molecular complexity index is 353. The van der Waals surface area contributed by atoms with Gasteiger partial charge in [0.05, 0.1) is 0 Å². The number of anilines is 1. The topological polar surface area (TPSA) is 71.7 Å². The van der Waals surface area contributed by atoms with Crippen LogP contribution in [0.1, 0.15) is 6.42 Å². The number of nitrogens with two attached hydrogens (primary N) is 1. The maximum absolute atomic E-state index is 5.79. The minimum absolute atomic E-state index is 0.517. The van der Waals surface area contributed by atoms with E-state index >= 15 is 0 Å². The normalized spacial score (nSPS) is 11.4. The van der Waals surface area contributed by atoms with E-state index in [4.69, 9.17) is 22.2 Å². The molecular weight excluding hydrogens is 240 g/mol. The van der Waals surface area contributed by atoms with Crippen LogP contribution in [0.15, 0.2) is 29.3 Å². The molecule has 0 bridgehead atoms. The molecule has 0 aliphatic rings. The summed E-state index contributed by atoms with van der Waals surface area (Å²) in [6.07, 6.45) is 0.851. The summed E-state index contributed by atoms with van der Waals surface area (Å²) in [6, 6.07) is 7.29. The molecule has 94 valence electrons. The van der Waals surface area contributed by atoms with Crippen molar-refractivity contribution in [2.75, 3.05) is 25.6 Å². The summed E-state index contributed by atoms with van der Waals surface area (Å²) >= 11 is 5.79. The number of hydrazine groups is 1. The number of benzene rings is 1. The number of nitrogens with one attached hydrogen (secondary N) is 2. The molecule has 0 amide bonds. The van der Waals surface area contributed by atoms with Gasteiger partial charge in [0.1, 0.15) is 0 Å². The molecule has 0 unspecified atom stereocenters. The molecule has 17 heavy (non-hydrogen) atoms. The molecule has 0 fully saturated rings. The average Bonchev–Trinajstić information content (AvgIpc) is 2.35. The van der Waals surface area contributed by atoms with Crippen molar-refractivity contribution in [1.82, 2.24) is 5.43 Å². The Labute approximate surface area is 106 Å². The van der Waals surface area contributed by atoms with Crippen molar-refractivity contribution >= 4 is 23.2 Å². The Morgan fingerprint density at radius 2 is 2.12 bits per heavy atom. The van der Waals surface area contributed by atoms with Crippen LogP contribution in [-0.4, -0.2) is 26.2 Å². The van der Waals surface area contributed by atoms with Crippen molar-refractivity contribution in [2.45, 2.75) is 6.42 Å². The van der Waals surface area contributed by atoms with Gasteiger partial charge in [-0.15, -0.1) is 0 Å². The number of guanidine groups is 1. The monoisotopic (exact) mass is 256 g/mol. The highest BCUT2D eigenvalue weighted by atomic mass is 35.5. The highest BCUT2D eigenvalue weighted by molar-refractivity contribution is 6.30. The second kappa shape index (κ2) is 7.89. The maximum atomic E-state index is 5.79. The van der Waals surface area contributed by atoms with Gasteiger partial charge < -0.3 is 10.1 Å². The summed E-state index contributed by atoms with van der Waals surface area (Å²) in [6.45, 7) is 1.33. The summed E-state index contributed by atoms with van der Waals surface area (Å²) in [4.78, 5) is 4.25. The van der Waals surface area contributed by atoms with Crippen LogP contribution in [0.3, 0.4) is 0 Å². The molecule has 5 nitrogen and oxygen atoms in total. The molecular formula is C11H17ClN4O. The Morgan fingerprint density at radius 1 is 1.41 bits per heavy atom. The lowest BCUT2D eigenvalue weighted by molar-refractivity contribution is 0.197. The molecule has 0 radical (unpaired) electrons. The third-order valence-corrected chi connectivity index (χ3v) is 2.27. The van der Waals surface area contributed by atoms with E-state index in [9.17, 15) is 0 Å². The van der Waals surface area contributed by atoms with E-state index in [1.165, 1.54) is 0 Å². The summed E-state index contributed by atoms with van der Waals surface area (Å²) in [7, 11) is 1.66. The fourth-order valence-corrected chi connectivity index (χ4v) is 1.32. The van der Waals surface area contributed by atoms with Crippen molar-refractivity contribution < 1.29 is 4.74 Å². The number of rotatable bonds is 5. The van der Waals surface area contributed by atoms with Gasteiger partial charge in [-0.25, -0.2) is 5.84 Å². The molecule has 0 aliphatic carbocycles. The van der Waals surface area contributed by atoms with Gasteiger partial charge in [0.15, 0.2) is 0 Å². The van der Waals surface area contributed by atoms with Crippen LogP contribution in [0.2, 0.25) is 5.02 Å². The van der Waals surface area contributed by atoms with E-state index in [1.807, 2.05) is 12.1 Å². The summed E-state index contributed by atoms with van der Waals surface area (Å²) in [5.41, 5.74) is 3.38. The highest BCUT2D eigenvalue weighted by Crippen LogP contribution is 2.12. The first-order valence-corrected chi connectivity index (χ1v) is 5.66. The van der Waals surface area contributed by atoms with Crippen LogP contribution in [-0.2, 0) is 4.74 Å². The molecule has 1 aromatic carbocycles. The molecule has 6 heteroatoms. The maximum Gasteiger partial charge on any atom is 0.210 e. The van der Waals surface area contributed by atoms with Gasteiger partial charge in [-0.3, -0.25) is 10.4 Å². The number of hydrogen-bond acceptors (Lipinski definition) is 3. The van der Waals surface area contributed by atoms with Crippen LogP contribution in [0.5, 0.6) is 0 Å². The Balaban J connectivity index is 2.48. The third-order valence-electron chi connectivity index (χ3n) is 2.02. The zero-order valence-corrected chi connectivity index (χ0v) is 10.5. The van der Waals surface area contributed by atoms with E-state index in [1.54, 1.807) is 19.2 Å². The molecule has 0 spiro atoms. The zero-order chi connectivity index (χ0) is 12.5. The second-order valence-corrected chi connectivity index (χ2v) is 3.79. The summed E-state index contributed by atoms with van der Waals surface area (Å²) in [5.74, 6) is 5.88. The van der Waals surface area contributed by atoms with Crippen LogP contribution in [0.25, 0.3) is 0 Å². The lowest BCUT2D eigenvalue weighted by Crippen LogP contribution is -2.36. The largest absolute Gasteiger partial charge is 0.385 e. The Kier molecular flexibility index (Phi) is 6.39. The van der Waals surface area contributed by atoms with Gasteiger partial charge in [-0.05, 0) is 30.7 Å². The molecule has 1 rings (SSSR count). The van der Waals surface area contributed by atoms with Crippen LogP contribution in [0, 0.1) is 0 Å². The minimum atomic E-state index is 0.517. The van der Waals surface area contributed by atoms with Gasteiger partial charge >= 0.3 is 0 Å². The molecule has 0 aliphatic heterocycles. The SMILES string of the molecule is COCCCN=C(NN)Nc1ccc(Cl)cc1. The van der Waals surface area contributed by atoms with Gasteiger partial charge in [0.25, 0.3) is 0 Å². The summed E-state index contributed by atoms with van der Waals surface area (Å²) < 4.78 is 4.93. The first-order valence-electron chi connectivity index (χ1n) is 5.29. The quantitative estimate of drug-likeness (QED) is 0.246. The molecule has 0 saturated carbocycles. The predicted octanol–water partition coefficient (Wildman–Crippen LogP) is 1.61. The summed E-state index contributed by atoms with van der Waals surface area (Å²) in [5, 5.41) is 3.74. The number of methoxy groups -OCH3 is 1. The third kappa shape index (κ3) is 5.53.